The first-order chi connectivity index (χ1) is 69.5. The Morgan fingerprint density at radius 2 is 0.329 bits per heavy atom. The van der Waals surface area contributed by atoms with Crippen molar-refractivity contribution in [3.63, 3.8) is 0 Å². The topological polar surface area (TPSA) is 104 Å². The van der Waals surface area contributed by atoms with Gasteiger partial charge < -0.3 is 18.3 Å². The molecule has 0 atom stereocenters. The second-order valence-corrected chi connectivity index (χ2v) is 35.8. The van der Waals surface area contributed by atoms with Gasteiger partial charge in [0.1, 0.15) is 11.6 Å². The third-order valence-electron chi connectivity index (χ3n) is 28.2. The van der Waals surface area contributed by atoms with Gasteiger partial charge in [-0.1, -0.05) is 315 Å². The lowest BCUT2D eigenvalue weighted by Gasteiger charge is -2.15. The molecule has 0 saturated heterocycles. The van der Waals surface area contributed by atoms with E-state index in [1.807, 2.05) is 6.20 Å². The summed E-state index contributed by atoms with van der Waals surface area (Å²) in [5.74, 6) is 3.51. The Morgan fingerprint density at radius 3 is 0.557 bits per heavy atom. The molecule has 11 aromatic heterocycles. The molecule has 13 nitrogen and oxygen atoms in total. The Balaban J connectivity index is 0.000000104. The maximum absolute atomic E-state index is 5.49. The maximum atomic E-state index is 5.49. The number of nitrogens with zero attached hydrogens (tertiary/aromatic N) is 13. The molecule has 0 aliphatic heterocycles. The van der Waals surface area contributed by atoms with Crippen molar-refractivity contribution in [2.75, 3.05) is 0 Å². The highest BCUT2D eigenvalue weighted by molar-refractivity contribution is 6.16. The van der Waals surface area contributed by atoms with Gasteiger partial charge in [-0.25, -0.2) is 4.98 Å². The normalized spacial score (nSPS) is 11.9. The zero-order valence-corrected chi connectivity index (χ0v) is 75.6. The fraction of sp³-hybridized carbons (Fsp3) is 0. The minimum absolute atomic E-state index is 0.570. The number of pyridine rings is 2. The smallest absolute Gasteiger partial charge is 0.240 e. The van der Waals surface area contributed by atoms with E-state index in [1.165, 1.54) is 109 Å². The second kappa shape index (κ2) is 32.3. The number of benzene rings is 19. The van der Waals surface area contributed by atoms with E-state index in [0.29, 0.717) is 17.7 Å². The van der Waals surface area contributed by atoms with Crippen molar-refractivity contribution in [1.29, 1.82) is 0 Å². The molecule has 13 heteroatoms. The standard InChI is InChI=1S/C47H30N4.C45H28N6.C35H23N3/c1-7-19-40-34(13-1)35-14-2-8-20-41(35)49(40)33-27-25-31(26-28-33)32-29-46(50-42-21-9-3-15-36(42)37-16-4-10-22-43(37)50)48-47(30-32)51-44-23-11-5-17-38(44)39-18-6-12-24-45(39)51;1-7-19-37-31(13-1)32-14-2-8-20-38(32)49(37)30-27-25-29(26-28-30)43-46-44(50-39-21-9-3-15-33(39)34-16-4-10-22-40(34)50)48-45(47-43)51-41-23-11-5-17-35(41)36-18-6-12-24-42(36)51;1-5-13-32-27(9-1)28-10-2-6-14-33(28)37(32)25-19-17-24(18-20-25)31-22-21-26(23-36-31)38-34-15-7-3-11-29(34)30-12-4-8-16-35(30)38/h1-30H;1-28H;1-23H. The van der Waals surface area contributed by atoms with Gasteiger partial charge in [-0.05, 0) is 181 Å². The molecule has 30 aromatic rings. The highest BCUT2D eigenvalue weighted by Crippen LogP contribution is 2.44. The monoisotopic (exact) mass is 1790 g/mol. The fourth-order valence-electron chi connectivity index (χ4n) is 22.0. The lowest BCUT2D eigenvalue weighted by molar-refractivity contribution is 0.893. The summed E-state index contributed by atoms with van der Waals surface area (Å²) >= 11 is 0. The number of hydrogen-bond acceptors (Lipinski definition) is 5. The quantitative estimate of drug-likeness (QED) is 0.128. The molecule has 11 heterocycles. The molecule has 0 saturated carbocycles. The number of fused-ring (bicyclic) bond motifs is 24. The highest BCUT2D eigenvalue weighted by atomic mass is 15.3. The molecule has 0 unspecified atom stereocenters. The van der Waals surface area contributed by atoms with E-state index in [9.17, 15) is 0 Å². The lowest BCUT2D eigenvalue weighted by atomic mass is 10.1. The van der Waals surface area contributed by atoms with Crippen LogP contribution < -0.4 is 0 Å². The van der Waals surface area contributed by atoms with E-state index in [-0.39, 0.29) is 0 Å². The average Bonchev–Trinajstić information content (AvgIpc) is 1.57. The summed E-state index contributed by atoms with van der Waals surface area (Å²) < 4.78 is 18.3. The van der Waals surface area contributed by atoms with Gasteiger partial charge in [-0.3, -0.25) is 23.3 Å². The summed E-state index contributed by atoms with van der Waals surface area (Å²) in [6.07, 6.45) is 1.98. The summed E-state index contributed by atoms with van der Waals surface area (Å²) in [7, 11) is 0. The van der Waals surface area contributed by atoms with Crippen molar-refractivity contribution in [3.8, 4) is 80.1 Å². The summed E-state index contributed by atoms with van der Waals surface area (Å²) in [5, 5.41) is 19.6. The Kier molecular flexibility index (Phi) is 18.4. The lowest BCUT2D eigenvalue weighted by Crippen LogP contribution is -2.10. The minimum Gasteiger partial charge on any atom is -0.309 e. The molecular formula is C127H81N13. The second-order valence-electron chi connectivity index (χ2n) is 35.8. The maximum Gasteiger partial charge on any atom is 0.240 e. The van der Waals surface area contributed by atoms with Crippen LogP contribution in [0.4, 0.5) is 0 Å². The van der Waals surface area contributed by atoms with E-state index in [1.54, 1.807) is 0 Å². The van der Waals surface area contributed by atoms with Gasteiger partial charge in [0.2, 0.25) is 11.9 Å². The van der Waals surface area contributed by atoms with Gasteiger partial charge in [0.25, 0.3) is 0 Å². The number of para-hydroxylation sites is 16. The number of aromatic nitrogens is 13. The summed E-state index contributed by atoms with van der Waals surface area (Å²) in [6, 6.07) is 172. The van der Waals surface area contributed by atoms with E-state index < -0.39 is 0 Å². The van der Waals surface area contributed by atoms with E-state index in [0.717, 1.165) is 128 Å². The van der Waals surface area contributed by atoms with Crippen LogP contribution in [0.25, 0.3) is 255 Å². The number of hydrogen-bond donors (Lipinski definition) is 0. The van der Waals surface area contributed by atoms with Crippen LogP contribution in [0.3, 0.4) is 0 Å². The zero-order chi connectivity index (χ0) is 92.0. The molecule has 19 aromatic carbocycles. The molecular weight excluding hydrogens is 1710 g/mol. The molecule has 0 amide bonds. The van der Waals surface area contributed by atoms with Crippen molar-refractivity contribution < 1.29 is 0 Å². The Hall–Kier alpha value is -19.1. The van der Waals surface area contributed by atoms with Crippen LogP contribution in [-0.4, -0.2) is 61.5 Å². The van der Waals surface area contributed by atoms with Crippen molar-refractivity contribution in [2.24, 2.45) is 0 Å². The first kappa shape index (κ1) is 79.4. The SMILES string of the molecule is c1ccc2c(c1)c1ccccc1n2-c1ccc(-c2cc(-n3c4ccccc4c4ccccc43)nc(-n3c4ccccc4c4ccccc43)c2)cc1.c1ccc2c(c1)c1ccccc1n2-c1ccc(-c2ccc(-n3c4ccccc4c4ccccc43)cn2)cc1.c1ccc2c(c1)c1ccccc1n2-c1ccc(-c2nc(-n3c4ccccc4c4ccccc43)nc(-n3c4ccccc4c4ccccc43)n2)cc1. The van der Waals surface area contributed by atoms with Gasteiger partial charge in [0, 0.05) is 114 Å². The Morgan fingerprint density at radius 1 is 0.136 bits per heavy atom. The largest absolute Gasteiger partial charge is 0.309 e. The first-order valence-corrected chi connectivity index (χ1v) is 47.4. The molecule has 0 radical (unpaired) electrons. The van der Waals surface area contributed by atoms with Crippen LogP contribution in [-0.2, 0) is 0 Å². The molecule has 0 fully saturated rings. The average molecular weight is 1790 g/mol. The van der Waals surface area contributed by atoms with Crippen molar-refractivity contribution >= 4 is 174 Å². The summed E-state index contributed by atoms with van der Waals surface area (Å²) in [4.78, 5) is 26.1. The van der Waals surface area contributed by atoms with Gasteiger partial charge >= 0.3 is 0 Å². The Labute approximate surface area is 802 Å². The van der Waals surface area contributed by atoms with Gasteiger partial charge in [0.15, 0.2) is 5.82 Å². The molecule has 0 bridgehead atoms. The van der Waals surface area contributed by atoms with Crippen LogP contribution in [0.1, 0.15) is 0 Å². The molecule has 30 rings (SSSR count). The summed E-state index contributed by atoms with van der Waals surface area (Å²) in [5.41, 5.74) is 27.9. The van der Waals surface area contributed by atoms with Gasteiger partial charge in [-0.15, -0.1) is 0 Å². The van der Waals surface area contributed by atoms with E-state index in [4.69, 9.17) is 24.9 Å². The number of rotatable bonds is 11. The predicted molar refractivity (Wildman–Crippen MR) is 579 cm³/mol. The van der Waals surface area contributed by atoms with Crippen LogP contribution >= 0.6 is 0 Å². The van der Waals surface area contributed by atoms with Crippen LogP contribution in [0.15, 0.2) is 492 Å². The van der Waals surface area contributed by atoms with Crippen molar-refractivity contribution in [1.82, 2.24) is 61.5 Å². The van der Waals surface area contributed by atoms with Gasteiger partial charge in [-0.2, -0.15) is 15.0 Å². The molecule has 654 valence electrons. The molecule has 0 spiro atoms. The summed E-state index contributed by atoms with van der Waals surface area (Å²) in [6.45, 7) is 0. The minimum atomic E-state index is 0.570. The third kappa shape index (κ3) is 12.7. The van der Waals surface area contributed by atoms with Crippen LogP contribution in [0, 0.1) is 0 Å². The van der Waals surface area contributed by atoms with Crippen LogP contribution in [0.2, 0.25) is 0 Å². The van der Waals surface area contributed by atoms with E-state index >= 15 is 0 Å². The first-order valence-electron chi connectivity index (χ1n) is 47.4. The molecule has 0 aliphatic rings. The van der Waals surface area contributed by atoms with E-state index in [2.05, 4.69) is 522 Å². The van der Waals surface area contributed by atoms with Crippen LogP contribution in [0.5, 0.6) is 0 Å². The molecule has 0 N–H and O–H groups in total. The fourth-order valence-corrected chi connectivity index (χ4v) is 22.0. The predicted octanol–water partition coefficient (Wildman–Crippen LogP) is 31.8. The van der Waals surface area contributed by atoms with Crippen molar-refractivity contribution in [2.45, 2.75) is 0 Å². The highest BCUT2D eigenvalue weighted by Gasteiger charge is 2.26. The molecule has 140 heavy (non-hydrogen) atoms. The van der Waals surface area contributed by atoms with Crippen molar-refractivity contribution in [3.05, 3.63) is 492 Å². The molecule has 0 aliphatic carbocycles. The van der Waals surface area contributed by atoms with Gasteiger partial charge in [0.05, 0.1) is 106 Å². The third-order valence-corrected chi connectivity index (χ3v) is 28.2. The zero-order valence-electron chi connectivity index (χ0n) is 75.6. The Bertz CT molecular complexity index is 8950.